The van der Waals surface area contributed by atoms with Crippen molar-refractivity contribution < 1.29 is 28.5 Å². The van der Waals surface area contributed by atoms with Crippen molar-refractivity contribution in [2.24, 2.45) is 0 Å². The summed E-state index contributed by atoms with van der Waals surface area (Å²) < 4.78 is 32.4. The average molecular weight is 501 g/mol. The van der Waals surface area contributed by atoms with E-state index in [0.717, 1.165) is 5.56 Å². The number of ketones is 1. The lowest BCUT2D eigenvalue weighted by molar-refractivity contribution is 0.0920. The van der Waals surface area contributed by atoms with Crippen molar-refractivity contribution in [1.29, 1.82) is 5.41 Å². The predicted molar refractivity (Wildman–Crippen MR) is 137 cm³/mol. The highest BCUT2D eigenvalue weighted by molar-refractivity contribution is 6.07. The van der Waals surface area contributed by atoms with Gasteiger partial charge in [-0.2, -0.15) is 0 Å². The van der Waals surface area contributed by atoms with Crippen LogP contribution in [-0.4, -0.2) is 54.6 Å². The van der Waals surface area contributed by atoms with Crippen LogP contribution in [0.1, 0.15) is 75.5 Å². The van der Waals surface area contributed by atoms with Gasteiger partial charge >= 0.3 is 0 Å². The highest BCUT2D eigenvalue weighted by atomic mass is 19.1. The summed E-state index contributed by atoms with van der Waals surface area (Å²) in [4.78, 5) is 15.1. The van der Waals surface area contributed by atoms with Gasteiger partial charge in [0.15, 0.2) is 23.1 Å². The molecule has 0 saturated carbocycles. The summed E-state index contributed by atoms with van der Waals surface area (Å²) in [6, 6.07) is 7.06. The lowest BCUT2D eigenvalue weighted by Gasteiger charge is -2.33. The lowest BCUT2D eigenvalue weighted by Crippen LogP contribution is -2.42. The van der Waals surface area contributed by atoms with E-state index < -0.39 is 11.4 Å². The molecule has 0 atom stereocenters. The van der Waals surface area contributed by atoms with Gasteiger partial charge < -0.3 is 24.2 Å². The first-order valence-corrected chi connectivity index (χ1v) is 12.3. The van der Waals surface area contributed by atoms with Crippen LogP contribution in [0.4, 0.5) is 4.39 Å². The Morgan fingerprint density at radius 2 is 1.75 bits per heavy atom. The fourth-order valence-electron chi connectivity index (χ4n) is 4.38. The van der Waals surface area contributed by atoms with E-state index in [2.05, 4.69) is 0 Å². The van der Waals surface area contributed by atoms with Gasteiger partial charge in [0.2, 0.25) is 0 Å². The minimum absolute atomic E-state index is 0.0182. The molecule has 7 nitrogen and oxygen atoms in total. The fraction of sp³-hybridized carbons (Fsp3) is 0.500. The average Bonchev–Trinajstić information content (AvgIpc) is 2.99. The molecule has 1 aliphatic heterocycles. The summed E-state index contributed by atoms with van der Waals surface area (Å²) >= 11 is 0. The van der Waals surface area contributed by atoms with Crippen molar-refractivity contribution in [3.63, 3.8) is 0 Å². The molecule has 1 aliphatic rings. The largest absolute Gasteiger partial charge is 0.491 e. The number of carbonyl (C=O) groups excluding carboxylic acids is 1. The van der Waals surface area contributed by atoms with E-state index in [4.69, 9.17) is 24.7 Å². The summed E-state index contributed by atoms with van der Waals surface area (Å²) in [6.07, 6.45) is 0. The Balaban J connectivity index is 2.01. The van der Waals surface area contributed by atoms with Crippen LogP contribution in [0, 0.1) is 11.2 Å². The number of amidine groups is 1. The van der Waals surface area contributed by atoms with E-state index in [1.54, 1.807) is 24.0 Å². The molecule has 2 aromatic rings. The second-order valence-corrected chi connectivity index (χ2v) is 10.3. The molecule has 196 valence electrons. The quantitative estimate of drug-likeness (QED) is 0.444. The standard InChI is InChI=1S/C28H37FN2O5/c1-8-34-22-15-20-23(24(29)25(22)35-9-2)26(30)31(28(20,6)7)16-21(33)17-12-18(27(3,4)5)14-19(13-17)36-11-10-32/h12-15,30,32H,8-11,16H2,1-7H3. The molecule has 0 aliphatic carbocycles. The number of nitrogens with one attached hydrogen (secondary N) is 1. The maximum atomic E-state index is 15.6. The number of benzene rings is 2. The van der Waals surface area contributed by atoms with E-state index in [9.17, 15) is 4.79 Å². The van der Waals surface area contributed by atoms with Crippen LogP contribution >= 0.6 is 0 Å². The molecule has 0 fully saturated rings. The molecular weight excluding hydrogens is 463 g/mol. The van der Waals surface area contributed by atoms with Gasteiger partial charge in [-0.05, 0) is 68.5 Å². The third kappa shape index (κ3) is 5.19. The molecule has 0 saturated heterocycles. The molecule has 0 aromatic heterocycles. The Kier molecular flexibility index (Phi) is 7.98. The van der Waals surface area contributed by atoms with Crippen LogP contribution in [-0.2, 0) is 11.0 Å². The number of aliphatic hydroxyl groups excluding tert-OH is 1. The lowest BCUT2D eigenvalue weighted by atomic mass is 9.85. The SMILES string of the molecule is CCOc1cc2c(c(F)c1OCC)C(=N)N(CC(=O)c1cc(OCCO)cc(C(C)(C)C)c1)C2(C)C. The molecule has 0 spiro atoms. The first-order chi connectivity index (χ1) is 16.9. The second kappa shape index (κ2) is 10.5. The molecule has 36 heavy (non-hydrogen) atoms. The molecule has 8 heteroatoms. The molecule has 3 rings (SSSR count). The minimum Gasteiger partial charge on any atom is -0.491 e. The van der Waals surface area contributed by atoms with Gasteiger partial charge in [0, 0.05) is 5.56 Å². The van der Waals surface area contributed by atoms with E-state index >= 15 is 4.39 Å². The number of rotatable bonds is 10. The number of carbonyl (C=O) groups is 1. The summed E-state index contributed by atoms with van der Waals surface area (Å²) in [7, 11) is 0. The number of nitrogens with zero attached hydrogens (tertiary/aromatic N) is 1. The van der Waals surface area contributed by atoms with Crippen LogP contribution in [0.3, 0.4) is 0 Å². The minimum atomic E-state index is -0.836. The second-order valence-electron chi connectivity index (χ2n) is 10.3. The number of aliphatic hydroxyl groups is 1. The first-order valence-electron chi connectivity index (χ1n) is 12.3. The van der Waals surface area contributed by atoms with Gasteiger partial charge in [0.25, 0.3) is 0 Å². The normalized spacial score (nSPS) is 14.6. The molecule has 1 heterocycles. The van der Waals surface area contributed by atoms with Gasteiger partial charge in [-0.15, -0.1) is 0 Å². The summed E-state index contributed by atoms with van der Waals surface area (Å²) in [5, 5.41) is 18.0. The maximum absolute atomic E-state index is 15.6. The van der Waals surface area contributed by atoms with Crippen molar-refractivity contribution in [2.45, 2.75) is 59.4 Å². The van der Waals surface area contributed by atoms with Crippen LogP contribution in [0.15, 0.2) is 24.3 Å². The van der Waals surface area contributed by atoms with Crippen molar-refractivity contribution >= 4 is 11.6 Å². The number of Topliss-reactive ketones (excluding diaryl/α,β-unsaturated/α-hetero) is 1. The zero-order valence-electron chi connectivity index (χ0n) is 22.3. The molecule has 0 amide bonds. The molecular formula is C28H37FN2O5. The summed E-state index contributed by atoms with van der Waals surface area (Å²) in [6.45, 7) is 13.8. The molecule has 0 radical (unpaired) electrons. The number of fused-ring (bicyclic) bond motifs is 1. The zero-order chi connectivity index (χ0) is 26.8. The zero-order valence-corrected chi connectivity index (χ0v) is 22.3. The molecule has 2 aromatic carbocycles. The molecule has 0 bridgehead atoms. The van der Waals surface area contributed by atoms with E-state index in [-0.39, 0.29) is 60.5 Å². The van der Waals surface area contributed by atoms with Gasteiger partial charge in [0.1, 0.15) is 18.2 Å². The van der Waals surface area contributed by atoms with Crippen molar-refractivity contribution in [3.8, 4) is 17.2 Å². The molecule has 2 N–H and O–H groups in total. The van der Waals surface area contributed by atoms with Gasteiger partial charge in [-0.1, -0.05) is 20.8 Å². The third-order valence-electron chi connectivity index (χ3n) is 6.37. The van der Waals surface area contributed by atoms with Gasteiger partial charge in [-0.25, -0.2) is 4.39 Å². The van der Waals surface area contributed by atoms with E-state index in [1.165, 1.54) is 0 Å². The topological polar surface area (TPSA) is 92.1 Å². The van der Waals surface area contributed by atoms with Crippen molar-refractivity contribution in [1.82, 2.24) is 4.90 Å². The van der Waals surface area contributed by atoms with Crippen LogP contribution in [0.2, 0.25) is 0 Å². The number of halogens is 1. The summed E-state index contributed by atoms with van der Waals surface area (Å²) in [5.74, 6) is -0.193. The Bertz CT molecular complexity index is 1150. The van der Waals surface area contributed by atoms with Crippen LogP contribution in [0.5, 0.6) is 17.2 Å². The monoisotopic (exact) mass is 500 g/mol. The predicted octanol–water partition coefficient (Wildman–Crippen LogP) is 5.05. The van der Waals surface area contributed by atoms with Crippen LogP contribution in [0.25, 0.3) is 0 Å². The van der Waals surface area contributed by atoms with Gasteiger partial charge in [-0.3, -0.25) is 10.2 Å². The van der Waals surface area contributed by atoms with Crippen molar-refractivity contribution in [3.05, 3.63) is 52.3 Å². The Morgan fingerprint density at radius 1 is 1.08 bits per heavy atom. The smallest absolute Gasteiger partial charge is 0.197 e. The number of hydrogen-bond donors (Lipinski definition) is 2. The first kappa shape index (κ1) is 27.5. The highest BCUT2D eigenvalue weighted by Crippen LogP contribution is 2.46. The number of hydrogen-bond acceptors (Lipinski definition) is 6. The van der Waals surface area contributed by atoms with E-state index in [1.807, 2.05) is 53.7 Å². The summed E-state index contributed by atoms with van der Waals surface area (Å²) in [5.41, 5.74) is 0.958. The van der Waals surface area contributed by atoms with Crippen molar-refractivity contribution in [2.75, 3.05) is 33.0 Å². The highest BCUT2D eigenvalue weighted by Gasteiger charge is 2.45. The maximum Gasteiger partial charge on any atom is 0.197 e. The van der Waals surface area contributed by atoms with Gasteiger partial charge in [0.05, 0.1) is 37.5 Å². The Labute approximate surface area is 212 Å². The third-order valence-corrected chi connectivity index (χ3v) is 6.37. The Morgan fingerprint density at radius 3 is 2.33 bits per heavy atom. The fourth-order valence-corrected chi connectivity index (χ4v) is 4.38. The van der Waals surface area contributed by atoms with E-state index in [0.29, 0.717) is 23.5 Å². The van der Waals surface area contributed by atoms with Crippen LogP contribution < -0.4 is 14.2 Å². The molecule has 0 unspecified atom stereocenters. The number of ether oxygens (including phenoxy) is 3. The Hall–Kier alpha value is -3.13.